The Hall–Kier alpha value is -0.160. The van der Waals surface area contributed by atoms with Gasteiger partial charge in [-0.2, -0.15) is 0 Å². The first kappa shape index (κ1) is 32.9. The van der Waals surface area contributed by atoms with Gasteiger partial charge in [0.25, 0.3) is 5.91 Å². The Kier molecular flexibility index (Phi) is 15.0. The first-order valence-electron chi connectivity index (χ1n) is 10.5. The van der Waals surface area contributed by atoms with Gasteiger partial charge in [0, 0.05) is 27.2 Å². The van der Waals surface area contributed by atoms with Crippen molar-refractivity contribution < 1.29 is 44.7 Å². The highest BCUT2D eigenvalue weighted by Crippen LogP contribution is 2.45. The van der Waals surface area contributed by atoms with Gasteiger partial charge in [0.05, 0.1) is 50.6 Å². The smallest absolute Gasteiger partial charge is 0.251 e. The summed E-state index contributed by atoms with van der Waals surface area (Å²) in [6.07, 6.45) is -0.239. The van der Waals surface area contributed by atoms with Crippen LogP contribution in [0, 0.1) is 5.92 Å². The number of halogens is 3. The highest BCUT2D eigenvalue weighted by atomic mass is 127. The van der Waals surface area contributed by atoms with E-state index >= 15 is 0 Å². The van der Waals surface area contributed by atoms with Crippen molar-refractivity contribution in [1.82, 2.24) is 15.8 Å². The van der Waals surface area contributed by atoms with Gasteiger partial charge in [-0.3, -0.25) is 24.8 Å². The van der Waals surface area contributed by atoms with Crippen molar-refractivity contribution in [3.63, 3.8) is 0 Å². The molecule has 7 N–H and O–H groups in total. The van der Waals surface area contributed by atoms with Crippen molar-refractivity contribution in [1.29, 1.82) is 0 Å². The number of amides is 3. The van der Waals surface area contributed by atoms with E-state index in [0.717, 1.165) is 5.01 Å². The van der Waals surface area contributed by atoms with E-state index < -0.39 is 65.1 Å². The molecule has 200 valence electrons. The molecule has 1 rings (SSSR count). The predicted octanol–water partition coefficient (Wildman–Crippen LogP) is -1.10. The number of ether oxygens (including phenoxy) is 1. The van der Waals surface area contributed by atoms with Crippen molar-refractivity contribution in [2.45, 2.75) is 34.6 Å². The molecule has 15 heteroatoms. The maximum absolute atomic E-state index is 13.7. The zero-order chi connectivity index (χ0) is 26.8. The lowest BCUT2D eigenvalue weighted by Crippen LogP contribution is -2.58. The molecule has 0 radical (unpaired) electrons. The summed E-state index contributed by atoms with van der Waals surface area (Å²) in [6.45, 7) is -1.87. The maximum atomic E-state index is 13.7. The minimum Gasteiger partial charge on any atom is -0.394 e. The third-order valence-corrected chi connectivity index (χ3v) is 7.80. The van der Waals surface area contributed by atoms with Crippen molar-refractivity contribution >= 4 is 85.5 Å². The number of carbonyl (C=O) groups is 3. The second-order valence-electron chi connectivity index (χ2n) is 7.77. The summed E-state index contributed by atoms with van der Waals surface area (Å²) in [4.78, 5) is 39.3. The zero-order valence-electron chi connectivity index (χ0n) is 18.9. The molecule has 0 heterocycles. The highest BCUT2D eigenvalue weighted by Gasteiger charge is 2.50. The fraction of sp³-hybridized carbons (Fsp3) is 0.650. The second kappa shape index (κ2) is 15.9. The van der Waals surface area contributed by atoms with Crippen LogP contribution in [0.4, 0.5) is 0 Å². The minimum atomic E-state index is -1.46. The van der Waals surface area contributed by atoms with Crippen LogP contribution in [0.15, 0.2) is 19.3 Å². The summed E-state index contributed by atoms with van der Waals surface area (Å²) in [6, 6.07) is 0. The lowest BCUT2D eigenvalue weighted by Gasteiger charge is -2.37. The Morgan fingerprint density at radius 1 is 1.14 bits per heavy atom. The third-order valence-electron chi connectivity index (χ3n) is 4.82. The fourth-order valence-electron chi connectivity index (χ4n) is 3.04. The number of alkyl halides is 1. The number of aliphatic hydroxyl groups is 5. The second-order valence-corrected chi connectivity index (χ2v) is 12.1. The molecule has 0 spiro atoms. The lowest BCUT2D eigenvalue weighted by molar-refractivity contribution is -0.147. The summed E-state index contributed by atoms with van der Waals surface area (Å²) in [5, 5.41) is 51.1. The first-order valence-corrected chi connectivity index (χ1v) is 13.7. The summed E-state index contributed by atoms with van der Waals surface area (Å²) >= 11 is 5.75. The van der Waals surface area contributed by atoms with Gasteiger partial charge >= 0.3 is 0 Å². The van der Waals surface area contributed by atoms with Gasteiger partial charge in [0.15, 0.2) is 0 Å². The van der Waals surface area contributed by atoms with Gasteiger partial charge in [-0.15, -0.1) is 0 Å². The number of rotatable bonds is 13. The molecule has 5 unspecified atom stereocenters. The number of methoxy groups -OCH3 is 1. The van der Waals surface area contributed by atoms with Crippen LogP contribution in [0.2, 0.25) is 0 Å². The number of carbonyl (C=O) groups excluding carboxylic acids is 3. The molecule has 5 atom stereocenters. The molecule has 1 aliphatic rings. The average molecular weight is 837 g/mol. The molecule has 0 saturated heterocycles. The van der Waals surface area contributed by atoms with Crippen LogP contribution in [-0.2, 0) is 19.1 Å². The quantitative estimate of drug-likeness (QED) is 0.0687. The number of nitrogens with one attached hydrogen (secondary N) is 2. The standard InChI is InChI=1S/C20H30I3N3O9/c1-35-10-12(29)2-3-16(32)25-26(7-14(31)9-28)18(33)17-15(22)4-11(21)5-20(17,23)19(34)24-6-13(30)8-27/h4-5,12-14,17,27-31H,2-3,6-10H2,1H3,(H,24,34)(H,25,32). The maximum Gasteiger partial charge on any atom is 0.251 e. The molecule has 12 nitrogen and oxygen atoms in total. The van der Waals surface area contributed by atoms with Crippen molar-refractivity contribution in [2.75, 3.05) is 40.0 Å². The Morgan fingerprint density at radius 2 is 1.77 bits per heavy atom. The van der Waals surface area contributed by atoms with Gasteiger partial charge < -0.3 is 35.6 Å². The van der Waals surface area contributed by atoms with Crippen molar-refractivity contribution in [3.05, 3.63) is 19.3 Å². The number of allylic oxidation sites excluding steroid dienone is 2. The zero-order valence-corrected chi connectivity index (χ0v) is 25.3. The molecule has 0 aromatic heterocycles. The molecule has 0 aliphatic heterocycles. The molecule has 0 bridgehead atoms. The van der Waals surface area contributed by atoms with Gasteiger partial charge in [0.2, 0.25) is 11.8 Å². The van der Waals surface area contributed by atoms with Crippen LogP contribution in [0.25, 0.3) is 0 Å². The number of aliphatic hydroxyl groups excluding tert-OH is 5. The molecule has 35 heavy (non-hydrogen) atoms. The SMILES string of the molecule is COCC(O)CCC(=O)NN(CC(O)CO)C(=O)C1C(I)=CC(I)=CC1(I)C(=O)NCC(O)CO. The van der Waals surface area contributed by atoms with Crippen LogP contribution in [0.5, 0.6) is 0 Å². The van der Waals surface area contributed by atoms with E-state index in [-0.39, 0.29) is 26.0 Å². The van der Waals surface area contributed by atoms with Crippen LogP contribution >= 0.6 is 67.8 Å². The van der Waals surface area contributed by atoms with E-state index in [1.54, 1.807) is 12.2 Å². The number of hydrogen-bond acceptors (Lipinski definition) is 9. The summed E-state index contributed by atoms with van der Waals surface area (Å²) in [5.41, 5.74) is 2.41. The fourth-order valence-corrected chi connectivity index (χ4v) is 7.88. The number of nitrogens with zero attached hydrogens (tertiary/aromatic N) is 1. The molecule has 0 aromatic rings. The summed E-state index contributed by atoms with van der Waals surface area (Å²) < 4.78 is 4.52. The lowest BCUT2D eigenvalue weighted by atomic mass is 9.86. The van der Waals surface area contributed by atoms with Crippen molar-refractivity contribution in [3.8, 4) is 0 Å². The highest BCUT2D eigenvalue weighted by molar-refractivity contribution is 14.1. The Labute approximate surface area is 243 Å². The largest absolute Gasteiger partial charge is 0.394 e. The topological polar surface area (TPSA) is 189 Å². The Balaban J connectivity index is 3.19. The van der Waals surface area contributed by atoms with Gasteiger partial charge in [-0.1, -0.05) is 22.6 Å². The summed E-state index contributed by atoms with van der Waals surface area (Å²) in [7, 11) is 1.41. The third kappa shape index (κ3) is 10.3. The van der Waals surface area contributed by atoms with E-state index in [0.29, 0.717) is 7.16 Å². The molecule has 3 amide bonds. The minimum absolute atomic E-state index is 0.0344. The van der Waals surface area contributed by atoms with Crippen LogP contribution < -0.4 is 10.7 Å². The number of hydrazine groups is 1. The monoisotopic (exact) mass is 837 g/mol. The molecular formula is C20H30I3N3O9. The van der Waals surface area contributed by atoms with Crippen molar-refractivity contribution in [2.24, 2.45) is 5.92 Å². The van der Waals surface area contributed by atoms with Gasteiger partial charge in [-0.25, -0.2) is 0 Å². The average Bonchev–Trinajstić information content (AvgIpc) is 2.79. The van der Waals surface area contributed by atoms with Gasteiger partial charge in [-0.05, 0) is 63.8 Å². The summed E-state index contributed by atoms with van der Waals surface area (Å²) in [5.74, 6) is -3.04. The molecule has 1 aliphatic carbocycles. The molecule has 0 aromatic carbocycles. The molecule has 0 fully saturated rings. The van der Waals surface area contributed by atoms with Crippen LogP contribution in [-0.4, -0.2) is 110 Å². The normalized spacial score (nSPS) is 22.4. The Morgan fingerprint density at radius 3 is 2.34 bits per heavy atom. The molecule has 0 saturated carbocycles. The van der Waals surface area contributed by atoms with E-state index in [1.807, 2.05) is 67.8 Å². The van der Waals surface area contributed by atoms with E-state index in [1.165, 1.54) is 7.11 Å². The molecular weight excluding hydrogens is 807 g/mol. The Bertz CT molecular complexity index is 814. The van der Waals surface area contributed by atoms with E-state index in [2.05, 4.69) is 10.7 Å². The first-order chi connectivity index (χ1) is 16.4. The number of hydrogen-bond donors (Lipinski definition) is 7. The van der Waals surface area contributed by atoms with E-state index in [4.69, 9.17) is 9.84 Å². The van der Waals surface area contributed by atoms with Crippen LogP contribution in [0.3, 0.4) is 0 Å². The van der Waals surface area contributed by atoms with E-state index in [9.17, 15) is 34.8 Å². The predicted molar refractivity (Wildman–Crippen MR) is 151 cm³/mol. The van der Waals surface area contributed by atoms with Gasteiger partial charge in [0.1, 0.15) is 3.42 Å². The van der Waals surface area contributed by atoms with Crippen LogP contribution in [0.1, 0.15) is 12.8 Å².